The molecule has 1 atom stereocenters. The summed E-state index contributed by atoms with van der Waals surface area (Å²) in [6.45, 7) is -0.0796. The van der Waals surface area contributed by atoms with E-state index in [-0.39, 0.29) is 34.9 Å². The van der Waals surface area contributed by atoms with Gasteiger partial charge in [-0.25, -0.2) is 19.2 Å². The van der Waals surface area contributed by atoms with E-state index in [1.54, 1.807) is 30.3 Å². The number of rotatable bonds is 4. The minimum Gasteiger partial charge on any atom is -0.478 e. The molecule has 6 nitrogen and oxygen atoms in total. The van der Waals surface area contributed by atoms with E-state index in [1.807, 2.05) is 0 Å². The van der Waals surface area contributed by atoms with Gasteiger partial charge >= 0.3 is 5.97 Å². The molecular weight excluding hydrogens is 380 g/mol. The number of hydrogen-bond donors (Lipinski definition) is 2. The van der Waals surface area contributed by atoms with Gasteiger partial charge in [0.2, 0.25) is 5.95 Å². The predicted octanol–water partition coefficient (Wildman–Crippen LogP) is 3.31. The Bertz CT molecular complexity index is 1140. The predicted molar refractivity (Wildman–Crippen MR) is 101 cm³/mol. The van der Waals surface area contributed by atoms with E-state index in [9.17, 15) is 18.7 Å². The van der Waals surface area contributed by atoms with Crippen molar-refractivity contribution in [2.75, 3.05) is 6.61 Å². The minimum absolute atomic E-state index is 0.0796. The monoisotopic (exact) mass is 395 g/mol. The quantitative estimate of drug-likeness (QED) is 0.661. The van der Waals surface area contributed by atoms with E-state index in [4.69, 9.17) is 10.5 Å². The van der Waals surface area contributed by atoms with E-state index in [1.165, 1.54) is 24.4 Å². The van der Waals surface area contributed by atoms with Gasteiger partial charge in [0.05, 0.1) is 5.56 Å². The van der Waals surface area contributed by atoms with Crippen LogP contribution >= 0.6 is 0 Å². The molecule has 1 aliphatic heterocycles. The van der Waals surface area contributed by atoms with Gasteiger partial charge in [-0.15, -0.1) is 0 Å². The van der Waals surface area contributed by atoms with E-state index >= 15 is 0 Å². The fourth-order valence-corrected chi connectivity index (χ4v) is 3.47. The van der Waals surface area contributed by atoms with Crippen molar-refractivity contribution in [3.8, 4) is 11.1 Å². The highest BCUT2D eigenvalue weighted by Gasteiger charge is 2.43. The Morgan fingerprint density at radius 3 is 2.48 bits per heavy atom. The third-order valence-corrected chi connectivity index (χ3v) is 4.81. The summed E-state index contributed by atoms with van der Waals surface area (Å²) in [5.41, 5.74) is 4.62. The molecule has 0 bridgehead atoms. The lowest BCUT2D eigenvalue weighted by Crippen LogP contribution is -2.30. The normalized spacial score (nSPS) is 18.2. The van der Waals surface area contributed by atoms with Crippen molar-refractivity contribution in [2.45, 2.75) is 5.54 Å². The smallest absolute Gasteiger partial charge is 0.336 e. The second kappa shape index (κ2) is 6.97. The number of nitrogens with zero attached hydrogens (tertiary/aromatic N) is 2. The van der Waals surface area contributed by atoms with Gasteiger partial charge in [-0.05, 0) is 29.8 Å². The Kier molecular flexibility index (Phi) is 4.46. The van der Waals surface area contributed by atoms with Gasteiger partial charge in [0.15, 0.2) is 5.54 Å². The first kappa shape index (κ1) is 18.5. The van der Waals surface area contributed by atoms with Crippen LogP contribution in [0.25, 0.3) is 11.1 Å². The third-order valence-electron chi connectivity index (χ3n) is 4.81. The van der Waals surface area contributed by atoms with Crippen LogP contribution in [0.1, 0.15) is 21.5 Å². The maximum absolute atomic E-state index is 14.8. The number of amidine groups is 1. The topological polar surface area (TPSA) is 97.8 Å². The Balaban J connectivity index is 2.04. The number of aliphatic imine (C=N–C) groups is 1. The van der Waals surface area contributed by atoms with Crippen molar-refractivity contribution in [1.82, 2.24) is 4.98 Å². The van der Waals surface area contributed by atoms with Crippen LogP contribution in [0.15, 0.2) is 65.8 Å². The number of pyridine rings is 1. The van der Waals surface area contributed by atoms with Gasteiger partial charge in [0.25, 0.3) is 6.02 Å². The maximum Gasteiger partial charge on any atom is 0.336 e. The number of benzene rings is 2. The Labute approximate surface area is 164 Å². The van der Waals surface area contributed by atoms with Crippen LogP contribution in [0.3, 0.4) is 0 Å². The zero-order valence-electron chi connectivity index (χ0n) is 15.0. The number of ether oxygens (including phenoxy) is 1. The standard InChI is InChI=1S/C21H15F2N3O3/c22-17-10-15(19(27)28)16(9-14(17)13-7-4-8-25-18(13)23)21(11-29-20(24)26-21)12-5-2-1-3-6-12/h1-10H,11H2,(H2,24,26)(H,27,28). The highest BCUT2D eigenvalue weighted by Crippen LogP contribution is 2.41. The largest absolute Gasteiger partial charge is 0.478 e. The molecule has 4 rings (SSSR count). The molecule has 0 saturated heterocycles. The number of nitrogens with two attached hydrogens (primary N) is 1. The average Bonchev–Trinajstić information content (AvgIpc) is 3.12. The fraction of sp³-hybridized carbons (Fsp3) is 0.0952. The van der Waals surface area contributed by atoms with Crippen LogP contribution < -0.4 is 5.73 Å². The molecule has 0 radical (unpaired) electrons. The molecule has 3 aromatic rings. The lowest BCUT2D eigenvalue weighted by atomic mass is 9.80. The first-order valence-corrected chi connectivity index (χ1v) is 8.64. The summed E-state index contributed by atoms with van der Waals surface area (Å²) in [6.07, 6.45) is 1.24. The molecular formula is C21H15F2N3O3. The number of aromatic nitrogens is 1. The number of carbonyl (C=O) groups is 1. The van der Waals surface area contributed by atoms with E-state index in [2.05, 4.69) is 9.98 Å². The van der Waals surface area contributed by atoms with Gasteiger partial charge in [0, 0.05) is 22.9 Å². The van der Waals surface area contributed by atoms with Crippen molar-refractivity contribution >= 4 is 12.0 Å². The maximum atomic E-state index is 14.8. The van der Waals surface area contributed by atoms with Gasteiger partial charge < -0.3 is 15.6 Å². The molecule has 29 heavy (non-hydrogen) atoms. The third kappa shape index (κ3) is 3.08. The molecule has 1 aliphatic rings. The van der Waals surface area contributed by atoms with E-state index < -0.39 is 23.3 Å². The summed E-state index contributed by atoms with van der Waals surface area (Å²) in [5, 5.41) is 9.72. The summed E-state index contributed by atoms with van der Waals surface area (Å²) < 4.78 is 34.4. The lowest BCUT2D eigenvalue weighted by molar-refractivity contribution is 0.0693. The number of aromatic carboxylic acids is 1. The lowest BCUT2D eigenvalue weighted by Gasteiger charge is -2.27. The molecule has 0 fully saturated rings. The van der Waals surface area contributed by atoms with Crippen LogP contribution in [0.4, 0.5) is 8.78 Å². The summed E-state index contributed by atoms with van der Waals surface area (Å²) in [6, 6.07) is 13.6. The SMILES string of the molecule is NC1=NC(c2ccccc2)(c2cc(-c3cccnc3F)c(F)cc2C(=O)O)CO1. The summed E-state index contributed by atoms with van der Waals surface area (Å²) in [4.78, 5) is 19.8. The highest BCUT2D eigenvalue weighted by molar-refractivity contribution is 5.92. The average molecular weight is 395 g/mol. The summed E-state index contributed by atoms with van der Waals surface area (Å²) in [7, 11) is 0. The van der Waals surface area contributed by atoms with Crippen LogP contribution in [0, 0.1) is 11.8 Å². The molecule has 2 heterocycles. The van der Waals surface area contributed by atoms with E-state index in [0.717, 1.165) is 6.07 Å². The Morgan fingerprint density at radius 2 is 1.86 bits per heavy atom. The van der Waals surface area contributed by atoms with Gasteiger partial charge in [-0.1, -0.05) is 30.3 Å². The summed E-state index contributed by atoms with van der Waals surface area (Å²) in [5.74, 6) is -3.12. The Hall–Kier alpha value is -3.81. The second-order valence-corrected chi connectivity index (χ2v) is 6.49. The van der Waals surface area contributed by atoms with Crippen molar-refractivity contribution in [1.29, 1.82) is 0 Å². The van der Waals surface area contributed by atoms with Crippen molar-refractivity contribution in [2.24, 2.45) is 10.7 Å². The molecule has 3 N–H and O–H groups in total. The van der Waals surface area contributed by atoms with Crippen LogP contribution in [0.2, 0.25) is 0 Å². The molecule has 0 saturated carbocycles. The van der Waals surface area contributed by atoms with Crippen LogP contribution in [-0.2, 0) is 10.3 Å². The number of halogens is 2. The van der Waals surface area contributed by atoms with Gasteiger partial charge in [-0.3, -0.25) is 0 Å². The van der Waals surface area contributed by atoms with Crippen molar-refractivity contribution in [3.63, 3.8) is 0 Å². The molecule has 0 spiro atoms. The van der Waals surface area contributed by atoms with E-state index in [0.29, 0.717) is 5.56 Å². The minimum atomic E-state index is -1.35. The molecule has 2 aromatic carbocycles. The zero-order valence-corrected chi connectivity index (χ0v) is 15.0. The highest BCUT2D eigenvalue weighted by atomic mass is 19.1. The molecule has 0 amide bonds. The molecule has 146 valence electrons. The number of carboxylic acid groups (broad SMARTS) is 1. The van der Waals surface area contributed by atoms with Crippen LogP contribution in [0.5, 0.6) is 0 Å². The molecule has 1 unspecified atom stereocenters. The summed E-state index contributed by atoms with van der Waals surface area (Å²) >= 11 is 0. The van der Waals surface area contributed by atoms with Gasteiger partial charge in [0.1, 0.15) is 12.4 Å². The first-order chi connectivity index (χ1) is 13.9. The number of carboxylic acids is 1. The van der Waals surface area contributed by atoms with Crippen molar-refractivity contribution in [3.05, 3.63) is 89.2 Å². The Morgan fingerprint density at radius 1 is 1.10 bits per heavy atom. The second-order valence-electron chi connectivity index (χ2n) is 6.49. The first-order valence-electron chi connectivity index (χ1n) is 8.64. The zero-order chi connectivity index (χ0) is 20.6. The number of hydrogen-bond acceptors (Lipinski definition) is 5. The van der Waals surface area contributed by atoms with Gasteiger partial charge in [-0.2, -0.15) is 4.39 Å². The molecule has 0 aliphatic carbocycles. The fourth-order valence-electron chi connectivity index (χ4n) is 3.47. The van der Waals surface area contributed by atoms with Crippen LogP contribution in [-0.4, -0.2) is 28.7 Å². The van der Waals surface area contributed by atoms with Crippen molar-refractivity contribution < 1.29 is 23.4 Å². The molecule has 8 heteroatoms. The molecule has 1 aromatic heterocycles.